The Bertz CT molecular complexity index is 658. The standard InChI is InChI=1S/C18H32N4O8S/c1-8(2)6-11(20-15(26)10(19)4-5-13(24)25)16(27)22-14(9(3)23)17(28)21-12(7-31)18(29)30/h8-12,14,23,31H,4-7,19H2,1-3H3,(H,20,26)(H,21,28)(H,22,27)(H,24,25)(H,29,30). The van der Waals surface area contributed by atoms with Gasteiger partial charge in [0.1, 0.15) is 18.1 Å². The van der Waals surface area contributed by atoms with Crippen LogP contribution in [0, 0.1) is 5.92 Å². The van der Waals surface area contributed by atoms with E-state index in [1.807, 2.05) is 0 Å². The molecule has 5 atom stereocenters. The van der Waals surface area contributed by atoms with Gasteiger partial charge in [0.05, 0.1) is 12.1 Å². The first-order valence-corrected chi connectivity index (χ1v) is 10.3. The number of thiol groups is 1. The fourth-order valence-corrected chi connectivity index (χ4v) is 2.75. The number of aliphatic hydroxyl groups excluding tert-OH is 1. The Labute approximate surface area is 185 Å². The molecular formula is C18H32N4O8S. The highest BCUT2D eigenvalue weighted by molar-refractivity contribution is 7.80. The summed E-state index contributed by atoms with van der Waals surface area (Å²) in [5.74, 6) is -5.16. The van der Waals surface area contributed by atoms with Crippen molar-refractivity contribution >= 4 is 42.3 Å². The van der Waals surface area contributed by atoms with Crippen LogP contribution in [0.25, 0.3) is 0 Å². The maximum absolute atomic E-state index is 12.7. The molecule has 0 saturated heterocycles. The predicted molar refractivity (Wildman–Crippen MR) is 113 cm³/mol. The maximum Gasteiger partial charge on any atom is 0.327 e. The minimum atomic E-state index is -1.48. The number of nitrogens with one attached hydrogen (secondary N) is 3. The van der Waals surface area contributed by atoms with E-state index >= 15 is 0 Å². The van der Waals surface area contributed by atoms with Crippen LogP contribution in [0.4, 0.5) is 0 Å². The van der Waals surface area contributed by atoms with E-state index in [1.165, 1.54) is 6.92 Å². The largest absolute Gasteiger partial charge is 0.481 e. The summed E-state index contributed by atoms with van der Waals surface area (Å²) >= 11 is 3.83. The van der Waals surface area contributed by atoms with Gasteiger partial charge in [-0.25, -0.2) is 4.79 Å². The molecule has 0 saturated carbocycles. The summed E-state index contributed by atoms with van der Waals surface area (Å²) in [4.78, 5) is 59.1. The molecule has 0 aromatic carbocycles. The average molecular weight is 465 g/mol. The first-order chi connectivity index (χ1) is 14.3. The quantitative estimate of drug-likeness (QED) is 0.134. The molecule has 5 unspecified atom stereocenters. The molecule has 31 heavy (non-hydrogen) atoms. The second kappa shape index (κ2) is 13.8. The van der Waals surface area contributed by atoms with Crippen LogP contribution in [-0.4, -0.2) is 81.0 Å². The van der Waals surface area contributed by atoms with Crippen molar-refractivity contribution in [1.29, 1.82) is 0 Å². The molecule has 0 spiro atoms. The SMILES string of the molecule is CC(C)CC(NC(=O)C(N)CCC(=O)O)C(=O)NC(C(=O)NC(CS)C(=O)O)C(C)O. The molecule has 0 fully saturated rings. The molecule has 0 aromatic heterocycles. The van der Waals surface area contributed by atoms with Crippen molar-refractivity contribution in [3.8, 4) is 0 Å². The number of carbonyl (C=O) groups is 5. The number of carboxylic acid groups (broad SMARTS) is 2. The van der Waals surface area contributed by atoms with Gasteiger partial charge < -0.3 is 37.0 Å². The van der Waals surface area contributed by atoms with Gasteiger partial charge >= 0.3 is 11.9 Å². The zero-order chi connectivity index (χ0) is 24.3. The van der Waals surface area contributed by atoms with E-state index in [4.69, 9.17) is 15.9 Å². The van der Waals surface area contributed by atoms with E-state index in [0.717, 1.165) is 0 Å². The van der Waals surface area contributed by atoms with Crippen LogP contribution in [0.15, 0.2) is 0 Å². The molecule has 0 heterocycles. The third-order valence-electron chi connectivity index (χ3n) is 4.21. The number of aliphatic carboxylic acids is 2. The molecule has 0 radical (unpaired) electrons. The van der Waals surface area contributed by atoms with Crippen molar-refractivity contribution in [2.24, 2.45) is 11.7 Å². The summed E-state index contributed by atoms with van der Waals surface area (Å²) in [5.41, 5.74) is 5.67. The highest BCUT2D eigenvalue weighted by Gasteiger charge is 2.32. The fraction of sp³-hybridized carbons (Fsp3) is 0.722. The van der Waals surface area contributed by atoms with Crippen LogP contribution in [0.3, 0.4) is 0 Å². The molecule has 12 nitrogen and oxygen atoms in total. The number of hydrogen-bond donors (Lipinski definition) is 8. The highest BCUT2D eigenvalue weighted by Crippen LogP contribution is 2.08. The van der Waals surface area contributed by atoms with Gasteiger partial charge in [0.25, 0.3) is 0 Å². The lowest BCUT2D eigenvalue weighted by atomic mass is 10.0. The van der Waals surface area contributed by atoms with Crippen LogP contribution in [0.5, 0.6) is 0 Å². The molecule has 0 rings (SSSR count). The van der Waals surface area contributed by atoms with Gasteiger partial charge in [-0.3, -0.25) is 19.2 Å². The minimum absolute atomic E-state index is 0.0503. The summed E-state index contributed by atoms with van der Waals surface area (Å²) < 4.78 is 0. The number of amides is 3. The molecular weight excluding hydrogens is 432 g/mol. The molecule has 3 amide bonds. The molecule has 0 aliphatic rings. The van der Waals surface area contributed by atoms with Gasteiger partial charge in [-0.2, -0.15) is 12.6 Å². The Morgan fingerprint density at radius 1 is 0.903 bits per heavy atom. The summed E-state index contributed by atoms with van der Waals surface area (Å²) in [7, 11) is 0. The second-order valence-corrected chi connectivity index (χ2v) is 7.90. The van der Waals surface area contributed by atoms with Crippen LogP contribution in [-0.2, 0) is 24.0 Å². The zero-order valence-electron chi connectivity index (χ0n) is 17.7. The number of hydrogen-bond acceptors (Lipinski definition) is 8. The number of carboxylic acids is 2. The second-order valence-electron chi connectivity index (χ2n) is 7.54. The van der Waals surface area contributed by atoms with Gasteiger partial charge in [-0.15, -0.1) is 0 Å². The predicted octanol–water partition coefficient (Wildman–Crippen LogP) is -1.93. The molecule has 0 aliphatic carbocycles. The fourth-order valence-electron chi connectivity index (χ4n) is 2.50. The van der Waals surface area contributed by atoms with Crippen molar-refractivity contribution < 1.29 is 39.3 Å². The average Bonchev–Trinajstić information content (AvgIpc) is 2.66. The maximum atomic E-state index is 12.7. The van der Waals surface area contributed by atoms with Crippen LogP contribution < -0.4 is 21.7 Å². The van der Waals surface area contributed by atoms with Crippen molar-refractivity contribution in [2.45, 2.75) is 70.3 Å². The normalized spacial score (nSPS) is 15.8. The van der Waals surface area contributed by atoms with Gasteiger partial charge in [0.2, 0.25) is 17.7 Å². The first-order valence-electron chi connectivity index (χ1n) is 9.70. The smallest absolute Gasteiger partial charge is 0.327 e. The van der Waals surface area contributed by atoms with Crippen LogP contribution in [0.2, 0.25) is 0 Å². The Balaban J connectivity index is 5.31. The van der Waals surface area contributed by atoms with Gasteiger partial charge in [-0.05, 0) is 25.7 Å². The van der Waals surface area contributed by atoms with Crippen molar-refractivity contribution in [3.05, 3.63) is 0 Å². The molecule has 0 aromatic rings. The minimum Gasteiger partial charge on any atom is -0.481 e. The monoisotopic (exact) mass is 464 g/mol. The lowest BCUT2D eigenvalue weighted by Gasteiger charge is -2.27. The number of carbonyl (C=O) groups excluding carboxylic acids is 3. The summed E-state index contributed by atoms with van der Waals surface area (Å²) in [6.45, 7) is 4.82. The van der Waals surface area contributed by atoms with E-state index in [-0.39, 0.29) is 30.9 Å². The van der Waals surface area contributed by atoms with Gasteiger partial charge in [0.15, 0.2) is 0 Å². The molecule has 8 N–H and O–H groups in total. The Hall–Kier alpha value is -2.38. The van der Waals surface area contributed by atoms with Gasteiger partial charge in [0, 0.05) is 12.2 Å². The molecule has 178 valence electrons. The van der Waals surface area contributed by atoms with E-state index < -0.39 is 59.9 Å². The van der Waals surface area contributed by atoms with E-state index in [9.17, 15) is 29.1 Å². The van der Waals surface area contributed by atoms with Crippen molar-refractivity contribution in [1.82, 2.24) is 16.0 Å². The Kier molecular flexibility index (Phi) is 12.8. The number of rotatable bonds is 14. The molecule has 13 heteroatoms. The van der Waals surface area contributed by atoms with Crippen LogP contribution >= 0.6 is 12.6 Å². The topological polar surface area (TPSA) is 208 Å². The van der Waals surface area contributed by atoms with E-state index in [2.05, 4.69) is 28.6 Å². The van der Waals surface area contributed by atoms with E-state index in [0.29, 0.717) is 0 Å². The number of nitrogens with two attached hydrogens (primary N) is 1. The third kappa shape index (κ3) is 11.0. The number of aliphatic hydroxyl groups is 1. The lowest BCUT2D eigenvalue weighted by molar-refractivity contribution is -0.142. The Morgan fingerprint density at radius 2 is 1.45 bits per heavy atom. The first kappa shape index (κ1) is 28.6. The highest BCUT2D eigenvalue weighted by atomic mass is 32.1. The summed E-state index contributed by atoms with van der Waals surface area (Å²) in [6, 6.07) is -5.08. The van der Waals surface area contributed by atoms with E-state index in [1.54, 1.807) is 13.8 Å². The molecule has 0 aliphatic heterocycles. The summed E-state index contributed by atoms with van der Waals surface area (Å²) in [6.07, 6.45) is -1.65. The third-order valence-corrected chi connectivity index (χ3v) is 4.57. The van der Waals surface area contributed by atoms with Crippen molar-refractivity contribution in [3.63, 3.8) is 0 Å². The van der Waals surface area contributed by atoms with Crippen LogP contribution in [0.1, 0.15) is 40.0 Å². The Morgan fingerprint density at radius 3 is 1.87 bits per heavy atom. The van der Waals surface area contributed by atoms with Crippen molar-refractivity contribution in [2.75, 3.05) is 5.75 Å². The summed E-state index contributed by atoms with van der Waals surface area (Å²) in [5, 5.41) is 34.6. The lowest BCUT2D eigenvalue weighted by Crippen LogP contribution is -2.60. The van der Waals surface area contributed by atoms with Gasteiger partial charge in [-0.1, -0.05) is 13.8 Å². The molecule has 0 bridgehead atoms. The zero-order valence-corrected chi connectivity index (χ0v) is 18.6.